The second kappa shape index (κ2) is 7.85. The zero-order chi connectivity index (χ0) is 20.5. The maximum Gasteiger partial charge on any atom is 0.331 e. The van der Waals surface area contributed by atoms with Crippen molar-refractivity contribution in [1.29, 1.82) is 0 Å². The van der Waals surface area contributed by atoms with Crippen molar-refractivity contribution in [3.63, 3.8) is 0 Å². The van der Waals surface area contributed by atoms with Crippen LogP contribution in [0.4, 0.5) is 0 Å². The van der Waals surface area contributed by atoms with Gasteiger partial charge in [-0.05, 0) is 36.3 Å². The van der Waals surface area contributed by atoms with Crippen molar-refractivity contribution in [3.05, 3.63) is 82.3 Å². The zero-order valence-corrected chi connectivity index (χ0v) is 17.1. The highest BCUT2D eigenvalue weighted by atomic mass is 32.2. The average molecular weight is 424 g/mol. The molecule has 7 heteroatoms. The smallest absolute Gasteiger partial charge is 0.331 e. The summed E-state index contributed by atoms with van der Waals surface area (Å²) in [6.45, 7) is 1.91. The summed E-state index contributed by atoms with van der Waals surface area (Å²) in [7, 11) is 0. The Morgan fingerprint density at radius 3 is 2.62 bits per heavy atom. The van der Waals surface area contributed by atoms with E-state index in [2.05, 4.69) is 0 Å². The van der Waals surface area contributed by atoms with E-state index in [4.69, 9.17) is 17.0 Å². The number of ether oxygens (including phenoxy) is 1. The minimum atomic E-state index is -1.16. The van der Waals surface area contributed by atoms with Crippen LogP contribution in [0.3, 0.4) is 0 Å². The standard InChI is InChI=1S/C22H17NO4S2/c1-13-16(11-15-9-5-6-10-17(15)27-13)12-18-20(24)23(22(28)29-18)19(21(25)26)14-7-3-2-4-8-14/h2-13,19H,1H3,(H,25,26)/b18-12+. The number of aliphatic carboxylic acids is 1. The third kappa shape index (κ3) is 3.71. The van der Waals surface area contributed by atoms with Crippen LogP contribution in [0.25, 0.3) is 6.08 Å². The summed E-state index contributed by atoms with van der Waals surface area (Å²) in [5.74, 6) is -0.751. The van der Waals surface area contributed by atoms with Gasteiger partial charge in [0.05, 0.1) is 4.91 Å². The van der Waals surface area contributed by atoms with Gasteiger partial charge in [-0.15, -0.1) is 0 Å². The number of carbonyl (C=O) groups is 2. The van der Waals surface area contributed by atoms with Crippen LogP contribution in [0.1, 0.15) is 24.1 Å². The molecule has 2 aliphatic heterocycles. The van der Waals surface area contributed by atoms with Gasteiger partial charge in [0, 0.05) is 5.56 Å². The van der Waals surface area contributed by atoms with Gasteiger partial charge in [0.15, 0.2) is 6.04 Å². The maximum absolute atomic E-state index is 13.1. The minimum Gasteiger partial charge on any atom is -0.485 e. The number of carboxylic acid groups (broad SMARTS) is 1. The average Bonchev–Trinajstić information content (AvgIpc) is 2.97. The number of hydrogen-bond acceptors (Lipinski definition) is 5. The third-order valence-corrected chi connectivity index (χ3v) is 6.07. The first-order valence-corrected chi connectivity index (χ1v) is 10.2. The van der Waals surface area contributed by atoms with Crippen molar-refractivity contribution in [1.82, 2.24) is 4.90 Å². The molecular formula is C22H17NO4S2. The summed E-state index contributed by atoms with van der Waals surface area (Å²) in [6.07, 6.45) is 3.48. The molecule has 0 aromatic heterocycles. The van der Waals surface area contributed by atoms with Gasteiger partial charge in [-0.2, -0.15) is 0 Å². The highest BCUT2D eigenvalue weighted by molar-refractivity contribution is 8.26. The van der Waals surface area contributed by atoms with Crippen LogP contribution in [-0.2, 0) is 9.59 Å². The molecule has 2 heterocycles. The van der Waals surface area contributed by atoms with Crippen LogP contribution in [0, 0.1) is 0 Å². The van der Waals surface area contributed by atoms with Gasteiger partial charge >= 0.3 is 5.97 Å². The van der Waals surface area contributed by atoms with Crippen molar-refractivity contribution in [2.24, 2.45) is 0 Å². The van der Waals surface area contributed by atoms with Crippen molar-refractivity contribution in [2.45, 2.75) is 19.1 Å². The van der Waals surface area contributed by atoms with Crippen LogP contribution < -0.4 is 4.74 Å². The molecule has 1 N–H and O–H groups in total. The van der Waals surface area contributed by atoms with E-state index >= 15 is 0 Å². The quantitative estimate of drug-likeness (QED) is 0.580. The number of thioether (sulfide) groups is 1. The van der Waals surface area contributed by atoms with Crippen molar-refractivity contribution < 1.29 is 19.4 Å². The summed E-state index contributed by atoms with van der Waals surface area (Å²) < 4.78 is 6.15. The van der Waals surface area contributed by atoms with Crippen molar-refractivity contribution >= 4 is 46.3 Å². The number of thiocarbonyl (C=S) groups is 1. The second-order valence-corrected chi connectivity index (χ2v) is 8.32. The fourth-order valence-corrected chi connectivity index (χ4v) is 4.63. The van der Waals surface area contributed by atoms with E-state index in [9.17, 15) is 14.7 Å². The van der Waals surface area contributed by atoms with E-state index in [-0.39, 0.29) is 10.4 Å². The molecule has 4 rings (SSSR count). The Bertz CT molecular complexity index is 1060. The molecular weight excluding hydrogens is 406 g/mol. The molecule has 0 bridgehead atoms. The minimum absolute atomic E-state index is 0.225. The number of nitrogens with zero attached hydrogens (tertiary/aromatic N) is 1. The molecule has 2 atom stereocenters. The number of fused-ring (bicyclic) bond motifs is 1. The Morgan fingerprint density at radius 2 is 1.90 bits per heavy atom. The van der Waals surface area contributed by atoms with Gasteiger partial charge in [-0.3, -0.25) is 9.69 Å². The van der Waals surface area contributed by atoms with Crippen LogP contribution >= 0.6 is 24.0 Å². The van der Waals surface area contributed by atoms with Crippen LogP contribution in [0.2, 0.25) is 0 Å². The molecule has 1 fully saturated rings. The molecule has 5 nitrogen and oxygen atoms in total. The molecule has 0 spiro atoms. The molecule has 0 aliphatic carbocycles. The Morgan fingerprint density at radius 1 is 1.21 bits per heavy atom. The Kier molecular flexibility index (Phi) is 5.25. The van der Waals surface area contributed by atoms with Gasteiger partial charge in [-0.1, -0.05) is 72.5 Å². The number of carboxylic acids is 1. The highest BCUT2D eigenvalue weighted by Gasteiger charge is 2.41. The molecule has 1 amide bonds. The summed E-state index contributed by atoms with van der Waals surface area (Å²) in [4.78, 5) is 26.6. The van der Waals surface area contributed by atoms with Crippen LogP contribution in [-0.4, -0.2) is 32.3 Å². The Hall–Kier alpha value is -2.90. The highest BCUT2D eigenvalue weighted by Crippen LogP contribution is 2.39. The van der Waals surface area contributed by atoms with Gasteiger partial charge in [-0.25, -0.2) is 4.79 Å². The van der Waals surface area contributed by atoms with Gasteiger partial charge in [0.2, 0.25) is 0 Å². The van der Waals surface area contributed by atoms with Crippen molar-refractivity contribution in [3.8, 4) is 5.75 Å². The number of para-hydroxylation sites is 1. The van der Waals surface area contributed by atoms with Gasteiger partial charge in [0.25, 0.3) is 5.91 Å². The largest absolute Gasteiger partial charge is 0.485 e. The molecule has 1 saturated heterocycles. The van der Waals surface area contributed by atoms with Crippen LogP contribution in [0.5, 0.6) is 5.75 Å². The first-order valence-electron chi connectivity index (χ1n) is 8.98. The van der Waals surface area contributed by atoms with E-state index in [1.54, 1.807) is 36.4 Å². The van der Waals surface area contributed by atoms with E-state index in [0.717, 1.165) is 28.6 Å². The number of amides is 1. The second-order valence-electron chi connectivity index (χ2n) is 6.65. The lowest BCUT2D eigenvalue weighted by atomic mass is 10.0. The summed E-state index contributed by atoms with van der Waals surface area (Å²) >= 11 is 6.47. The van der Waals surface area contributed by atoms with Gasteiger partial charge < -0.3 is 9.84 Å². The lowest BCUT2D eigenvalue weighted by Crippen LogP contribution is -2.37. The lowest BCUT2D eigenvalue weighted by molar-refractivity contribution is -0.145. The van der Waals surface area contributed by atoms with Crippen LogP contribution in [0.15, 0.2) is 71.2 Å². The zero-order valence-electron chi connectivity index (χ0n) is 15.4. The SMILES string of the molecule is CC1Oc2ccccc2C=C1/C=C1/SC(=S)N(C(C(=O)O)c2ccccc2)C1=O. The van der Waals surface area contributed by atoms with E-state index in [0.29, 0.717) is 10.5 Å². The molecule has 146 valence electrons. The predicted molar refractivity (Wildman–Crippen MR) is 116 cm³/mol. The molecule has 2 unspecified atom stereocenters. The fraction of sp³-hybridized carbons (Fsp3) is 0.136. The summed E-state index contributed by atoms with van der Waals surface area (Å²) in [6, 6.07) is 15.1. The van der Waals surface area contributed by atoms with Gasteiger partial charge in [0.1, 0.15) is 16.2 Å². The number of carbonyl (C=O) groups excluding carboxylic acids is 1. The number of hydrogen-bond donors (Lipinski definition) is 1. The third-order valence-electron chi connectivity index (χ3n) is 4.74. The number of benzene rings is 2. The first-order chi connectivity index (χ1) is 14.0. The van der Waals surface area contributed by atoms with E-state index in [1.165, 1.54) is 4.90 Å². The molecule has 2 aromatic rings. The predicted octanol–water partition coefficient (Wildman–Crippen LogP) is 4.42. The fourth-order valence-electron chi connectivity index (χ4n) is 3.31. The first kappa shape index (κ1) is 19.4. The molecule has 2 aliphatic rings. The van der Waals surface area contributed by atoms with Crippen molar-refractivity contribution in [2.75, 3.05) is 0 Å². The van der Waals surface area contributed by atoms with E-state index < -0.39 is 17.9 Å². The molecule has 29 heavy (non-hydrogen) atoms. The normalized spacial score (nSPS) is 20.9. The Labute approximate surface area is 177 Å². The molecule has 0 saturated carbocycles. The topological polar surface area (TPSA) is 66.8 Å². The monoisotopic (exact) mass is 423 g/mol. The summed E-state index contributed by atoms with van der Waals surface area (Å²) in [5.41, 5.74) is 2.26. The molecule has 0 radical (unpaired) electrons. The maximum atomic E-state index is 13.1. The van der Waals surface area contributed by atoms with E-state index in [1.807, 2.05) is 37.3 Å². The number of rotatable bonds is 4. The summed E-state index contributed by atoms with van der Waals surface area (Å²) in [5, 5.41) is 9.77. The Balaban J connectivity index is 1.68. The lowest BCUT2D eigenvalue weighted by Gasteiger charge is -2.24. The molecule has 2 aromatic carbocycles.